The second-order valence-corrected chi connectivity index (χ2v) is 6.97. The number of nitrogens with two attached hydrogens (primary N) is 2. The number of anilines is 3. The molecular formula is C22H24N6O2. The molecule has 0 aliphatic carbocycles. The number of rotatable bonds is 9. The van der Waals surface area contributed by atoms with Crippen molar-refractivity contribution < 1.29 is 9.59 Å². The Morgan fingerprint density at radius 1 is 1.10 bits per heavy atom. The van der Waals surface area contributed by atoms with Crippen molar-refractivity contribution in [1.82, 2.24) is 9.97 Å². The molecule has 1 amide bonds. The van der Waals surface area contributed by atoms with Gasteiger partial charge in [0.05, 0.1) is 0 Å². The van der Waals surface area contributed by atoms with Crippen LogP contribution < -0.4 is 22.1 Å². The van der Waals surface area contributed by atoms with Crippen LogP contribution in [0.25, 0.3) is 0 Å². The molecule has 0 spiro atoms. The van der Waals surface area contributed by atoms with Crippen LogP contribution in [0.5, 0.6) is 0 Å². The van der Waals surface area contributed by atoms with Crippen molar-refractivity contribution in [1.29, 1.82) is 0 Å². The van der Waals surface area contributed by atoms with Crippen molar-refractivity contribution in [3.63, 3.8) is 0 Å². The van der Waals surface area contributed by atoms with Crippen LogP contribution in [0.2, 0.25) is 0 Å². The minimum Gasteiger partial charge on any atom is -0.365 e. The summed E-state index contributed by atoms with van der Waals surface area (Å²) >= 11 is 0. The summed E-state index contributed by atoms with van der Waals surface area (Å²) in [6.45, 7) is 2.32. The Bertz CT molecular complexity index is 1040. The molecule has 0 radical (unpaired) electrons. The van der Waals surface area contributed by atoms with Crippen molar-refractivity contribution in [3.05, 3.63) is 77.5 Å². The number of benzene rings is 2. The highest BCUT2D eigenvalue weighted by Crippen LogP contribution is 2.21. The van der Waals surface area contributed by atoms with E-state index in [1.165, 1.54) is 6.20 Å². The van der Waals surface area contributed by atoms with Gasteiger partial charge in [-0.05, 0) is 24.6 Å². The summed E-state index contributed by atoms with van der Waals surface area (Å²) in [5.74, 6) is -0.108. The van der Waals surface area contributed by atoms with Gasteiger partial charge >= 0.3 is 0 Å². The van der Waals surface area contributed by atoms with Gasteiger partial charge in [0.2, 0.25) is 5.95 Å². The predicted octanol–water partition coefficient (Wildman–Crippen LogP) is 2.50. The number of primary amides is 1. The number of nitrogens with one attached hydrogen (secondary N) is 2. The Balaban J connectivity index is 1.81. The highest BCUT2D eigenvalue weighted by molar-refractivity contribution is 6.00. The third-order valence-corrected chi connectivity index (χ3v) is 4.29. The van der Waals surface area contributed by atoms with Crippen LogP contribution in [0.1, 0.15) is 33.2 Å². The molecule has 2 aromatic carbocycles. The van der Waals surface area contributed by atoms with Crippen LogP contribution in [0, 0.1) is 0 Å². The lowest BCUT2D eigenvalue weighted by molar-refractivity contribution is 0.0987. The van der Waals surface area contributed by atoms with Gasteiger partial charge in [-0.1, -0.05) is 42.5 Å². The van der Waals surface area contributed by atoms with E-state index in [-0.39, 0.29) is 23.2 Å². The van der Waals surface area contributed by atoms with Gasteiger partial charge in [-0.3, -0.25) is 9.59 Å². The van der Waals surface area contributed by atoms with E-state index in [0.29, 0.717) is 30.2 Å². The fourth-order valence-corrected chi connectivity index (χ4v) is 2.79. The van der Waals surface area contributed by atoms with E-state index in [4.69, 9.17) is 11.5 Å². The third kappa shape index (κ3) is 5.62. The average molecular weight is 404 g/mol. The van der Waals surface area contributed by atoms with Crippen molar-refractivity contribution in [2.75, 3.05) is 17.2 Å². The van der Waals surface area contributed by atoms with E-state index >= 15 is 0 Å². The van der Waals surface area contributed by atoms with Crippen LogP contribution >= 0.6 is 0 Å². The van der Waals surface area contributed by atoms with Gasteiger partial charge in [0.15, 0.2) is 5.78 Å². The maximum absolute atomic E-state index is 12.6. The smallest absolute Gasteiger partial charge is 0.254 e. The average Bonchev–Trinajstić information content (AvgIpc) is 2.73. The summed E-state index contributed by atoms with van der Waals surface area (Å²) in [5.41, 5.74) is 13.4. The Kier molecular flexibility index (Phi) is 6.71. The maximum Gasteiger partial charge on any atom is 0.254 e. The van der Waals surface area contributed by atoms with Crippen molar-refractivity contribution >= 4 is 29.1 Å². The first-order chi connectivity index (χ1) is 14.4. The number of aromatic nitrogens is 2. The van der Waals surface area contributed by atoms with Gasteiger partial charge in [0.25, 0.3) is 5.91 Å². The summed E-state index contributed by atoms with van der Waals surface area (Å²) in [7, 11) is 0. The van der Waals surface area contributed by atoms with E-state index in [0.717, 1.165) is 5.56 Å². The minimum absolute atomic E-state index is 0.0121. The number of amides is 1. The third-order valence-electron chi connectivity index (χ3n) is 4.29. The van der Waals surface area contributed by atoms with Crippen LogP contribution in [-0.2, 0) is 6.42 Å². The molecule has 0 aliphatic heterocycles. The maximum atomic E-state index is 12.6. The summed E-state index contributed by atoms with van der Waals surface area (Å²) in [5, 5.41) is 6.07. The normalized spacial score (nSPS) is 11.5. The fourth-order valence-electron chi connectivity index (χ4n) is 2.79. The quantitative estimate of drug-likeness (QED) is 0.402. The number of hydrogen-bond acceptors (Lipinski definition) is 7. The summed E-state index contributed by atoms with van der Waals surface area (Å²) in [4.78, 5) is 32.8. The molecule has 0 unspecified atom stereocenters. The minimum atomic E-state index is -0.660. The fraction of sp³-hybridized carbons (Fsp3) is 0.182. The van der Waals surface area contributed by atoms with Gasteiger partial charge < -0.3 is 22.1 Å². The Labute approximate surface area is 174 Å². The number of carbonyl (C=O) groups is 2. The van der Waals surface area contributed by atoms with E-state index in [2.05, 4.69) is 20.6 Å². The van der Waals surface area contributed by atoms with Gasteiger partial charge in [-0.15, -0.1) is 0 Å². The monoisotopic (exact) mass is 404 g/mol. The van der Waals surface area contributed by atoms with Gasteiger partial charge in [0.1, 0.15) is 11.4 Å². The highest BCUT2D eigenvalue weighted by Gasteiger charge is 2.14. The molecule has 3 aromatic rings. The lowest BCUT2D eigenvalue weighted by Crippen LogP contribution is -2.26. The molecule has 0 aliphatic rings. The summed E-state index contributed by atoms with van der Waals surface area (Å²) in [6.07, 6.45) is 1.65. The number of hydrogen-bond donors (Lipinski definition) is 4. The number of nitrogens with zero attached hydrogens (tertiary/aromatic N) is 2. The first kappa shape index (κ1) is 20.9. The van der Waals surface area contributed by atoms with Crippen molar-refractivity contribution in [3.8, 4) is 0 Å². The van der Waals surface area contributed by atoms with Crippen LogP contribution in [0.4, 0.5) is 17.5 Å². The highest BCUT2D eigenvalue weighted by atomic mass is 16.1. The van der Waals surface area contributed by atoms with Crippen LogP contribution in [0.3, 0.4) is 0 Å². The van der Waals surface area contributed by atoms with Crippen molar-refractivity contribution in [2.45, 2.75) is 19.4 Å². The molecule has 0 saturated carbocycles. The lowest BCUT2D eigenvalue weighted by atomic mass is 10.0. The van der Waals surface area contributed by atoms with Crippen LogP contribution in [0.15, 0.2) is 60.8 Å². The number of carbonyl (C=O) groups excluding carboxylic acids is 2. The molecule has 3 rings (SSSR count). The molecule has 6 N–H and O–H groups in total. The van der Waals surface area contributed by atoms with E-state index < -0.39 is 5.91 Å². The summed E-state index contributed by atoms with van der Waals surface area (Å²) in [6, 6.07) is 16.5. The standard InChI is InChI=1S/C22H24N6O2/c1-14(23)12-25-22-26-13-18(20(24)30)21(28-22)27-17-9-5-8-16(11-17)19(29)10-15-6-3-2-4-7-15/h2-9,11,13-14H,10,12,23H2,1H3,(H2,24,30)(H2,25,26,27,28)/t14-/m0/s1. The van der Waals surface area contributed by atoms with E-state index in [1.807, 2.05) is 37.3 Å². The predicted molar refractivity (Wildman–Crippen MR) is 117 cm³/mol. The molecule has 0 saturated heterocycles. The Morgan fingerprint density at radius 3 is 2.57 bits per heavy atom. The second kappa shape index (κ2) is 9.62. The lowest BCUT2D eigenvalue weighted by Gasteiger charge is -2.13. The zero-order valence-corrected chi connectivity index (χ0v) is 16.6. The molecule has 0 fully saturated rings. The molecule has 1 atom stereocenters. The first-order valence-electron chi connectivity index (χ1n) is 9.53. The second-order valence-electron chi connectivity index (χ2n) is 6.97. The Morgan fingerprint density at radius 2 is 1.87 bits per heavy atom. The first-order valence-corrected chi connectivity index (χ1v) is 9.53. The molecule has 0 bridgehead atoms. The van der Waals surface area contributed by atoms with Gasteiger partial charge in [0, 0.05) is 36.5 Å². The van der Waals surface area contributed by atoms with E-state index in [9.17, 15) is 9.59 Å². The zero-order chi connectivity index (χ0) is 21.5. The topological polar surface area (TPSA) is 136 Å². The molecular weight excluding hydrogens is 380 g/mol. The SMILES string of the molecule is C[C@H](N)CNc1ncc(C(N)=O)c(Nc2cccc(C(=O)Cc3ccccc3)c2)n1. The molecule has 1 aromatic heterocycles. The molecule has 8 nitrogen and oxygen atoms in total. The zero-order valence-electron chi connectivity index (χ0n) is 16.6. The molecule has 1 heterocycles. The van der Waals surface area contributed by atoms with Crippen LogP contribution in [-0.4, -0.2) is 34.2 Å². The number of ketones is 1. The molecule has 8 heteroatoms. The molecule has 154 valence electrons. The van der Waals surface area contributed by atoms with Gasteiger partial charge in [-0.25, -0.2) is 4.98 Å². The van der Waals surface area contributed by atoms with Crippen molar-refractivity contribution in [2.24, 2.45) is 11.5 Å². The largest absolute Gasteiger partial charge is 0.365 e. The summed E-state index contributed by atoms with van der Waals surface area (Å²) < 4.78 is 0. The molecule has 30 heavy (non-hydrogen) atoms. The number of Topliss-reactive ketones (excluding diaryl/α,β-unsaturated/α-hetero) is 1. The Hall–Kier alpha value is -3.78. The van der Waals surface area contributed by atoms with Gasteiger partial charge in [-0.2, -0.15) is 4.98 Å². The van der Waals surface area contributed by atoms with E-state index in [1.54, 1.807) is 24.3 Å².